The van der Waals surface area contributed by atoms with Gasteiger partial charge in [-0.15, -0.1) is 0 Å². The van der Waals surface area contributed by atoms with Crippen LogP contribution in [0.2, 0.25) is 0 Å². The van der Waals surface area contributed by atoms with Gasteiger partial charge in [-0.25, -0.2) is 0 Å². The molecule has 2 rings (SSSR count). The molecule has 1 aliphatic heterocycles. The molecule has 1 heterocycles. The number of hydrogen-bond donors (Lipinski definition) is 0. The number of benzene rings is 1. The monoisotopic (exact) mass is 297 g/mol. The molecule has 0 atom stereocenters. The van der Waals surface area contributed by atoms with E-state index in [-0.39, 0.29) is 11.9 Å². The second-order valence-electron chi connectivity index (χ2n) is 4.40. The molecule has 4 heteroatoms. The molecule has 0 aliphatic carbocycles. The van der Waals surface area contributed by atoms with Crippen molar-refractivity contribution in [3.8, 4) is 5.75 Å². The molecule has 3 nitrogen and oxygen atoms in total. The summed E-state index contributed by atoms with van der Waals surface area (Å²) < 4.78 is 5.41. The van der Waals surface area contributed by atoms with E-state index in [4.69, 9.17) is 4.74 Å². The van der Waals surface area contributed by atoms with E-state index in [2.05, 4.69) is 15.9 Å². The fourth-order valence-corrected chi connectivity index (χ4v) is 2.48. The molecule has 1 amide bonds. The van der Waals surface area contributed by atoms with E-state index in [9.17, 15) is 4.79 Å². The molecule has 92 valence electrons. The minimum absolute atomic E-state index is 0.199. The zero-order chi connectivity index (χ0) is 12.4. The van der Waals surface area contributed by atoms with Crippen molar-refractivity contribution in [3.05, 3.63) is 23.8 Å². The van der Waals surface area contributed by atoms with E-state index >= 15 is 0 Å². The molecule has 1 aliphatic rings. The number of rotatable bonds is 3. The van der Waals surface area contributed by atoms with Crippen LogP contribution in [0.4, 0.5) is 5.69 Å². The highest BCUT2D eigenvalue weighted by molar-refractivity contribution is 9.09. The predicted octanol–water partition coefficient (Wildman–Crippen LogP) is 3.11. The van der Waals surface area contributed by atoms with Crippen molar-refractivity contribution in [1.29, 1.82) is 0 Å². The van der Waals surface area contributed by atoms with E-state index in [1.54, 1.807) is 0 Å². The highest BCUT2D eigenvalue weighted by Gasteiger charge is 2.26. The third kappa shape index (κ3) is 2.46. The van der Waals surface area contributed by atoms with Crippen molar-refractivity contribution >= 4 is 27.5 Å². The maximum absolute atomic E-state index is 11.9. The lowest BCUT2D eigenvalue weighted by atomic mass is 9.99. The van der Waals surface area contributed by atoms with Gasteiger partial charge >= 0.3 is 0 Å². The minimum atomic E-state index is 0.199. The molecule has 0 unspecified atom stereocenters. The summed E-state index contributed by atoms with van der Waals surface area (Å²) in [5, 5.41) is 0. The van der Waals surface area contributed by atoms with E-state index in [1.807, 2.05) is 36.9 Å². The lowest BCUT2D eigenvalue weighted by molar-refractivity contribution is -0.119. The smallest absolute Gasteiger partial charge is 0.227 e. The average Bonchev–Trinajstić information content (AvgIpc) is 2.29. The van der Waals surface area contributed by atoms with Gasteiger partial charge in [0.25, 0.3) is 0 Å². The van der Waals surface area contributed by atoms with Crippen LogP contribution in [0.15, 0.2) is 18.2 Å². The van der Waals surface area contributed by atoms with Crippen LogP contribution in [-0.2, 0) is 11.2 Å². The summed E-state index contributed by atoms with van der Waals surface area (Å²) in [7, 11) is 0. The first-order chi connectivity index (χ1) is 8.13. The summed E-state index contributed by atoms with van der Waals surface area (Å²) in [4.78, 5) is 13.8. The van der Waals surface area contributed by atoms with Gasteiger partial charge in [0, 0.05) is 18.2 Å². The second kappa shape index (κ2) is 5.08. The molecule has 1 aromatic rings. The largest absolute Gasteiger partial charge is 0.482 e. The molecule has 17 heavy (non-hydrogen) atoms. The Balaban J connectivity index is 2.37. The van der Waals surface area contributed by atoms with Crippen molar-refractivity contribution in [1.82, 2.24) is 0 Å². The number of carbonyl (C=O) groups is 1. The number of ether oxygens (including phenoxy) is 1. The molecular formula is C13H16BrNO2. The number of amides is 1. The summed E-state index contributed by atoms with van der Waals surface area (Å²) in [6.07, 6.45) is 1.39. The fraction of sp³-hybridized carbons (Fsp3) is 0.462. The molecule has 0 saturated carbocycles. The maximum Gasteiger partial charge on any atom is 0.227 e. The van der Waals surface area contributed by atoms with Crippen LogP contribution in [0.25, 0.3) is 0 Å². The number of anilines is 1. The van der Waals surface area contributed by atoms with Crippen molar-refractivity contribution in [3.63, 3.8) is 0 Å². The van der Waals surface area contributed by atoms with E-state index in [1.165, 1.54) is 5.56 Å². The maximum atomic E-state index is 11.9. The van der Waals surface area contributed by atoms with Gasteiger partial charge in [-0.3, -0.25) is 4.79 Å². The predicted molar refractivity (Wildman–Crippen MR) is 71.8 cm³/mol. The normalized spacial score (nSPS) is 15.1. The zero-order valence-corrected chi connectivity index (χ0v) is 11.7. The van der Waals surface area contributed by atoms with Crippen LogP contribution in [-0.4, -0.2) is 17.5 Å². The van der Waals surface area contributed by atoms with Gasteiger partial charge in [0.2, 0.25) is 5.91 Å². The van der Waals surface area contributed by atoms with E-state index in [0.717, 1.165) is 17.9 Å². The van der Waals surface area contributed by atoms with Crippen LogP contribution in [0, 0.1) is 0 Å². The van der Waals surface area contributed by atoms with Gasteiger partial charge in [-0.05, 0) is 60.0 Å². The van der Waals surface area contributed by atoms with Gasteiger partial charge in [0.05, 0.1) is 0 Å². The Bertz CT molecular complexity index is 431. The SMILES string of the molecule is CC(C)N1C(=O)CCc2cc(OCBr)ccc21. The molecule has 0 aromatic heterocycles. The minimum Gasteiger partial charge on any atom is -0.482 e. The molecule has 0 fully saturated rings. The van der Waals surface area contributed by atoms with Gasteiger partial charge in [0.15, 0.2) is 0 Å². The molecule has 0 N–H and O–H groups in total. The summed E-state index contributed by atoms with van der Waals surface area (Å²) in [6, 6.07) is 6.11. The Labute approximate surface area is 110 Å². The second-order valence-corrected chi connectivity index (χ2v) is 4.86. The number of nitrogens with zero attached hydrogens (tertiary/aromatic N) is 1. The number of hydrogen-bond acceptors (Lipinski definition) is 2. The van der Waals surface area contributed by atoms with Crippen LogP contribution < -0.4 is 9.64 Å². The lowest BCUT2D eigenvalue weighted by Gasteiger charge is -2.32. The van der Waals surface area contributed by atoms with E-state index < -0.39 is 0 Å². The summed E-state index contributed by atoms with van der Waals surface area (Å²) in [6.45, 7) is 4.08. The van der Waals surface area contributed by atoms with Crippen molar-refractivity contribution in [2.24, 2.45) is 0 Å². The third-order valence-corrected chi connectivity index (χ3v) is 3.15. The first-order valence-electron chi connectivity index (χ1n) is 5.77. The molecule has 0 bridgehead atoms. The quantitative estimate of drug-likeness (QED) is 0.803. The topological polar surface area (TPSA) is 29.5 Å². The number of alkyl halides is 1. The van der Waals surface area contributed by atoms with Crippen LogP contribution in [0.3, 0.4) is 0 Å². The highest BCUT2D eigenvalue weighted by atomic mass is 79.9. The van der Waals surface area contributed by atoms with E-state index in [0.29, 0.717) is 11.9 Å². The summed E-state index contributed by atoms with van der Waals surface area (Å²) >= 11 is 3.24. The Hall–Kier alpha value is -1.03. The van der Waals surface area contributed by atoms with Crippen molar-refractivity contribution in [2.45, 2.75) is 32.7 Å². The van der Waals surface area contributed by atoms with Crippen molar-refractivity contribution < 1.29 is 9.53 Å². The first kappa shape index (κ1) is 12.4. The van der Waals surface area contributed by atoms with Gasteiger partial charge < -0.3 is 9.64 Å². The number of fused-ring (bicyclic) bond motifs is 1. The summed E-state index contributed by atoms with van der Waals surface area (Å²) in [5.74, 6) is 1.06. The average molecular weight is 298 g/mol. The standard InChI is InChI=1S/C13H16BrNO2/c1-9(2)15-12-5-4-11(17-8-14)7-10(12)3-6-13(15)16/h4-5,7,9H,3,6,8H2,1-2H3. The van der Waals surface area contributed by atoms with Crippen molar-refractivity contribution in [2.75, 3.05) is 10.4 Å². The first-order valence-corrected chi connectivity index (χ1v) is 6.89. The molecular weight excluding hydrogens is 282 g/mol. The molecule has 1 aromatic carbocycles. The molecule has 0 spiro atoms. The van der Waals surface area contributed by atoms with Gasteiger partial charge in [-0.1, -0.05) is 0 Å². The molecule has 0 saturated heterocycles. The lowest BCUT2D eigenvalue weighted by Crippen LogP contribution is -2.40. The van der Waals surface area contributed by atoms with Crippen LogP contribution >= 0.6 is 15.9 Å². The van der Waals surface area contributed by atoms with Gasteiger partial charge in [-0.2, -0.15) is 0 Å². The zero-order valence-electron chi connectivity index (χ0n) is 10.1. The number of carbonyl (C=O) groups excluding carboxylic acids is 1. The Morgan fingerprint density at radius 3 is 2.82 bits per heavy atom. The summed E-state index contributed by atoms with van der Waals surface area (Å²) in [5.41, 5.74) is 2.70. The highest BCUT2D eigenvalue weighted by Crippen LogP contribution is 2.32. The molecule has 0 radical (unpaired) electrons. The number of halogens is 1. The Kier molecular flexibility index (Phi) is 3.72. The van der Waals surface area contributed by atoms with Crippen LogP contribution in [0.5, 0.6) is 5.75 Å². The van der Waals surface area contributed by atoms with Crippen LogP contribution in [0.1, 0.15) is 25.8 Å². The van der Waals surface area contributed by atoms with Gasteiger partial charge in [0.1, 0.15) is 11.3 Å². The fourth-order valence-electron chi connectivity index (χ4n) is 2.21. The third-order valence-electron chi connectivity index (χ3n) is 2.93. The Morgan fingerprint density at radius 1 is 1.41 bits per heavy atom. The number of aryl methyl sites for hydroxylation is 1. The Morgan fingerprint density at radius 2 is 2.18 bits per heavy atom.